The van der Waals surface area contributed by atoms with Gasteiger partial charge in [0.15, 0.2) is 0 Å². The number of nitriles is 1. The van der Waals surface area contributed by atoms with E-state index in [4.69, 9.17) is 9.47 Å². The number of ether oxygens (including phenoxy) is 2. The van der Waals surface area contributed by atoms with Gasteiger partial charge >= 0.3 is 0 Å². The highest BCUT2D eigenvalue weighted by atomic mass is 127. The number of fused-ring (bicyclic) bond motifs is 1. The Kier molecular flexibility index (Phi) is 8.83. The van der Waals surface area contributed by atoms with Crippen LogP contribution in [0.1, 0.15) is 18.1 Å². The van der Waals surface area contributed by atoms with Gasteiger partial charge in [-0.1, -0.05) is 42.5 Å². The summed E-state index contributed by atoms with van der Waals surface area (Å²) in [7, 11) is 0. The van der Waals surface area contributed by atoms with Crippen LogP contribution in [0.25, 0.3) is 16.8 Å². The molecule has 4 rings (SSSR count). The number of carbonyl (C=O) groups excluding carboxylic acids is 1. The first-order valence-electron chi connectivity index (χ1n) is 11.2. The standard InChI is InChI=1S/C29H22I2N2O3/c1-2-35-25-9-5-8-24(16-25)33-29(34)23(17-32)13-20-14-26(30)28(27(31)15-20)36-18-19-10-11-21-6-3-4-7-22(21)12-19/h3-16H,2,18H2,1H3,(H,33,34)/b23-13-. The molecule has 180 valence electrons. The molecule has 1 N–H and O–H groups in total. The number of benzene rings is 4. The van der Waals surface area contributed by atoms with E-state index >= 15 is 0 Å². The third kappa shape index (κ3) is 6.56. The summed E-state index contributed by atoms with van der Waals surface area (Å²) in [5.74, 6) is 0.950. The van der Waals surface area contributed by atoms with Crippen LogP contribution in [-0.4, -0.2) is 12.5 Å². The molecule has 1 amide bonds. The van der Waals surface area contributed by atoms with E-state index in [2.05, 4.69) is 80.8 Å². The second kappa shape index (κ2) is 12.2. The SMILES string of the molecule is CCOc1cccc(NC(=O)/C(C#N)=C\c2cc(I)c(OCc3ccc4ccccc4c3)c(I)c2)c1. The number of hydrogen-bond acceptors (Lipinski definition) is 4. The van der Waals surface area contributed by atoms with Gasteiger partial charge in [0.25, 0.3) is 5.91 Å². The number of halogens is 2. The molecule has 0 saturated heterocycles. The molecule has 0 heterocycles. The summed E-state index contributed by atoms with van der Waals surface area (Å²) < 4.78 is 13.4. The van der Waals surface area contributed by atoms with Crippen molar-refractivity contribution in [2.75, 3.05) is 11.9 Å². The summed E-state index contributed by atoms with van der Waals surface area (Å²) in [5.41, 5.74) is 2.40. The van der Waals surface area contributed by atoms with E-state index in [0.29, 0.717) is 24.7 Å². The second-order valence-corrected chi connectivity index (χ2v) is 10.2. The van der Waals surface area contributed by atoms with Crippen molar-refractivity contribution in [3.05, 3.63) is 103 Å². The molecule has 0 aliphatic rings. The Labute approximate surface area is 237 Å². The average molecular weight is 700 g/mol. The van der Waals surface area contributed by atoms with Gasteiger partial charge in [-0.3, -0.25) is 4.79 Å². The third-order valence-electron chi connectivity index (χ3n) is 5.30. The zero-order chi connectivity index (χ0) is 25.5. The first-order chi connectivity index (χ1) is 17.5. The Morgan fingerprint density at radius 3 is 2.42 bits per heavy atom. The fourth-order valence-corrected chi connectivity index (χ4v) is 5.76. The highest BCUT2D eigenvalue weighted by Gasteiger charge is 2.13. The van der Waals surface area contributed by atoms with Gasteiger partial charge in [-0.25, -0.2) is 0 Å². The summed E-state index contributed by atoms with van der Waals surface area (Å²) in [6.45, 7) is 2.86. The van der Waals surface area contributed by atoms with Crippen LogP contribution in [-0.2, 0) is 11.4 Å². The van der Waals surface area contributed by atoms with Gasteiger partial charge in [0, 0.05) is 11.8 Å². The average Bonchev–Trinajstić information content (AvgIpc) is 2.87. The van der Waals surface area contributed by atoms with Crippen molar-refractivity contribution in [2.45, 2.75) is 13.5 Å². The minimum Gasteiger partial charge on any atom is -0.494 e. The lowest BCUT2D eigenvalue weighted by atomic mass is 10.1. The molecule has 0 aromatic heterocycles. The zero-order valence-corrected chi connectivity index (χ0v) is 23.7. The smallest absolute Gasteiger partial charge is 0.266 e. The molecule has 36 heavy (non-hydrogen) atoms. The molecule has 0 radical (unpaired) electrons. The first-order valence-corrected chi connectivity index (χ1v) is 13.4. The molecular formula is C29H22I2N2O3. The molecule has 0 atom stereocenters. The Morgan fingerprint density at radius 2 is 1.69 bits per heavy atom. The Morgan fingerprint density at radius 1 is 0.944 bits per heavy atom. The quantitative estimate of drug-likeness (QED) is 0.117. The van der Waals surface area contributed by atoms with Crippen LogP contribution in [0.15, 0.2) is 84.4 Å². The van der Waals surface area contributed by atoms with Gasteiger partial charge in [-0.2, -0.15) is 5.26 Å². The van der Waals surface area contributed by atoms with Crippen LogP contribution in [0.4, 0.5) is 5.69 Å². The van der Waals surface area contributed by atoms with E-state index in [9.17, 15) is 10.1 Å². The number of anilines is 1. The van der Waals surface area contributed by atoms with Gasteiger partial charge < -0.3 is 14.8 Å². The van der Waals surface area contributed by atoms with Crippen molar-refractivity contribution < 1.29 is 14.3 Å². The molecule has 4 aromatic rings. The normalized spacial score (nSPS) is 11.1. The molecule has 0 fully saturated rings. The molecule has 0 aliphatic heterocycles. The lowest BCUT2D eigenvalue weighted by Crippen LogP contribution is -2.13. The van der Waals surface area contributed by atoms with Crippen molar-refractivity contribution in [1.29, 1.82) is 5.26 Å². The number of nitrogens with zero attached hydrogens (tertiary/aromatic N) is 1. The minimum atomic E-state index is -0.479. The van der Waals surface area contributed by atoms with Crippen LogP contribution in [0.2, 0.25) is 0 Å². The van der Waals surface area contributed by atoms with E-state index in [1.165, 1.54) is 10.8 Å². The van der Waals surface area contributed by atoms with Crippen LogP contribution in [0.3, 0.4) is 0 Å². The van der Waals surface area contributed by atoms with E-state index in [0.717, 1.165) is 24.0 Å². The molecule has 4 aromatic carbocycles. The maximum Gasteiger partial charge on any atom is 0.266 e. The fraction of sp³-hybridized carbons (Fsp3) is 0.103. The van der Waals surface area contributed by atoms with E-state index in [1.54, 1.807) is 24.3 Å². The Bertz CT molecular complexity index is 1470. The highest BCUT2D eigenvalue weighted by molar-refractivity contribution is 14.1. The molecule has 0 unspecified atom stereocenters. The van der Waals surface area contributed by atoms with Crippen LogP contribution < -0.4 is 14.8 Å². The monoisotopic (exact) mass is 700 g/mol. The van der Waals surface area contributed by atoms with Crippen LogP contribution in [0, 0.1) is 18.5 Å². The lowest BCUT2D eigenvalue weighted by Gasteiger charge is -2.12. The molecule has 0 bridgehead atoms. The van der Waals surface area contributed by atoms with Gasteiger partial charge in [0.2, 0.25) is 0 Å². The summed E-state index contributed by atoms with van der Waals surface area (Å²) in [4.78, 5) is 12.7. The zero-order valence-electron chi connectivity index (χ0n) is 19.4. The molecule has 0 saturated carbocycles. The summed E-state index contributed by atoms with van der Waals surface area (Å²) in [6, 6.07) is 27.4. The van der Waals surface area contributed by atoms with Crippen molar-refractivity contribution in [2.24, 2.45) is 0 Å². The predicted octanol–water partition coefficient (Wildman–Crippen LogP) is 7.57. The minimum absolute atomic E-state index is 0.00763. The third-order valence-corrected chi connectivity index (χ3v) is 6.90. The molecule has 0 aliphatic carbocycles. The second-order valence-electron chi connectivity index (χ2n) is 7.87. The topological polar surface area (TPSA) is 71.3 Å². The summed E-state index contributed by atoms with van der Waals surface area (Å²) in [5, 5.41) is 14.8. The van der Waals surface area contributed by atoms with Gasteiger partial charge in [0.1, 0.15) is 29.7 Å². The molecule has 7 heteroatoms. The van der Waals surface area contributed by atoms with Gasteiger partial charge in [-0.15, -0.1) is 0 Å². The van der Waals surface area contributed by atoms with E-state index in [1.807, 2.05) is 43.3 Å². The molecule has 0 spiro atoms. The maximum atomic E-state index is 12.7. The van der Waals surface area contributed by atoms with Gasteiger partial charge in [0.05, 0.1) is 13.7 Å². The first kappa shape index (κ1) is 26.0. The molecular weight excluding hydrogens is 678 g/mol. The number of amides is 1. The number of nitrogens with one attached hydrogen (secondary N) is 1. The fourth-order valence-electron chi connectivity index (χ4n) is 3.63. The van der Waals surface area contributed by atoms with Crippen molar-refractivity contribution in [1.82, 2.24) is 0 Å². The largest absolute Gasteiger partial charge is 0.494 e. The summed E-state index contributed by atoms with van der Waals surface area (Å²) >= 11 is 4.44. The Hall–Kier alpha value is -3.10. The predicted molar refractivity (Wildman–Crippen MR) is 160 cm³/mol. The van der Waals surface area contributed by atoms with Gasteiger partial charge in [-0.05, 0) is 110 Å². The number of rotatable bonds is 8. The number of carbonyl (C=O) groups is 1. The highest BCUT2D eigenvalue weighted by Crippen LogP contribution is 2.31. The lowest BCUT2D eigenvalue weighted by molar-refractivity contribution is -0.112. The number of hydrogen-bond donors (Lipinski definition) is 1. The van der Waals surface area contributed by atoms with Crippen molar-refractivity contribution >= 4 is 73.6 Å². The van der Waals surface area contributed by atoms with E-state index in [-0.39, 0.29) is 5.57 Å². The van der Waals surface area contributed by atoms with E-state index < -0.39 is 5.91 Å². The Balaban J connectivity index is 1.48. The molecule has 5 nitrogen and oxygen atoms in total. The van der Waals surface area contributed by atoms with Crippen molar-refractivity contribution in [3.8, 4) is 17.6 Å². The summed E-state index contributed by atoms with van der Waals surface area (Å²) in [6.07, 6.45) is 1.58. The van der Waals surface area contributed by atoms with Crippen LogP contribution in [0.5, 0.6) is 11.5 Å². The maximum absolute atomic E-state index is 12.7. The van der Waals surface area contributed by atoms with Crippen molar-refractivity contribution in [3.63, 3.8) is 0 Å². The van der Waals surface area contributed by atoms with Crippen LogP contribution >= 0.6 is 45.2 Å².